The molecular weight excluding hydrogens is 554 g/mol. The Morgan fingerprint density at radius 3 is 2.23 bits per heavy atom. The smallest absolute Gasteiger partial charge is 0.351 e. The van der Waals surface area contributed by atoms with Crippen LogP contribution in [-0.2, 0) is 19.5 Å². The fraction of sp³-hybridized carbons (Fsp3) is 0. The van der Waals surface area contributed by atoms with Gasteiger partial charge in [0.05, 0.1) is 28.3 Å². The minimum absolute atomic E-state index is 0.0556. The second-order valence-electron chi connectivity index (χ2n) is 7.77. The summed E-state index contributed by atoms with van der Waals surface area (Å²) in [6, 6.07) is 15.3. The summed E-state index contributed by atoms with van der Waals surface area (Å²) in [4.78, 5) is 23.3. The molecule has 5 aromatic rings. The highest BCUT2D eigenvalue weighted by Gasteiger charge is 2.18. The van der Waals surface area contributed by atoms with Gasteiger partial charge in [-0.1, -0.05) is 29.3 Å². The van der Waals surface area contributed by atoms with Crippen LogP contribution in [0.5, 0.6) is 0 Å². The predicted molar refractivity (Wildman–Crippen MR) is 137 cm³/mol. The van der Waals surface area contributed by atoms with Crippen molar-refractivity contribution in [3.05, 3.63) is 71.1 Å². The van der Waals surface area contributed by atoms with Crippen molar-refractivity contribution < 1.29 is 27.6 Å². The molecule has 16 nitrogen and oxygen atoms in total. The van der Waals surface area contributed by atoms with E-state index in [1.807, 2.05) is 0 Å². The first-order valence-electron chi connectivity index (χ1n) is 10.7. The van der Waals surface area contributed by atoms with Gasteiger partial charge in [0.1, 0.15) is 11.6 Å². The molecule has 0 aliphatic rings. The molecular formula is C21H17N9O7S2. The molecule has 0 aliphatic carbocycles. The first-order chi connectivity index (χ1) is 18.6. The summed E-state index contributed by atoms with van der Waals surface area (Å²) < 4.78 is 39.1. The second-order valence-corrected chi connectivity index (χ2v) is 9.96. The Morgan fingerprint density at radius 1 is 0.897 bits per heavy atom. The standard InChI is InChI=1S/C21H17N9O7S2/c22-17-9-15(11-3-1-5-13(7-11)38-37-36-32)27-29(17)19-24-20(26-21(31)25-19)30-18(23)10-16(28-30)12-4-2-6-14(8-12)39(33,34)35/h1-10,32H,22-23H2,(H,33,34,35)(H,24,25,26,31). The van der Waals surface area contributed by atoms with E-state index in [2.05, 4.69) is 34.5 Å². The summed E-state index contributed by atoms with van der Waals surface area (Å²) in [5, 5.41) is 20.7. The number of nitrogens with two attached hydrogens (primary N) is 2. The topological polar surface area (TPSA) is 239 Å². The molecule has 200 valence electrons. The number of nitrogens with zero attached hydrogens (tertiary/aromatic N) is 6. The van der Waals surface area contributed by atoms with E-state index >= 15 is 0 Å². The normalized spacial score (nSPS) is 11.6. The lowest BCUT2D eigenvalue weighted by Gasteiger charge is -2.06. The Balaban J connectivity index is 1.51. The fourth-order valence-electron chi connectivity index (χ4n) is 3.54. The van der Waals surface area contributed by atoms with Gasteiger partial charge in [-0.3, -0.25) is 9.54 Å². The molecule has 39 heavy (non-hydrogen) atoms. The third kappa shape index (κ3) is 5.50. The van der Waals surface area contributed by atoms with Crippen LogP contribution in [0.4, 0.5) is 11.6 Å². The van der Waals surface area contributed by atoms with Gasteiger partial charge < -0.3 is 11.5 Å². The van der Waals surface area contributed by atoms with E-state index in [0.717, 1.165) is 21.4 Å². The van der Waals surface area contributed by atoms with Gasteiger partial charge in [0, 0.05) is 28.2 Å². The van der Waals surface area contributed by atoms with Crippen LogP contribution in [0.15, 0.2) is 75.2 Å². The molecule has 0 aliphatic heterocycles. The van der Waals surface area contributed by atoms with E-state index in [0.29, 0.717) is 21.7 Å². The highest BCUT2D eigenvalue weighted by Crippen LogP contribution is 2.28. The number of nitrogen functional groups attached to an aromatic ring is 2. The summed E-state index contributed by atoms with van der Waals surface area (Å²) in [7, 11) is -4.44. The molecule has 7 N–H and O–H groups in total. The Bertz CT molecular complexity index is 1850. The van der Waals surface area contributed by atoms with Crippen LogP contribution in [-0.4, -0.2) is 52.7 Å². The largest absolute Gasteiger partial charge is 0.383 e. The van der Waals surface area contributed by atoms with Crippen LogP contribution < -0.4 is 17.2 Å². The molecule has 5 rings (SSSR count). The lowest BCUT2D eigenvalue weighted by Crippen LogP contribution is -2.22. The first kappa shape index (κ1) is 26.0. The number of aromatic amines is 1. The molecule has 0 fully saturated rings. The molecule has 3 aromatic heterocycles. The Kier molecular flexibility index (Phi) is 6.87. The maximum absolute atomic E-state index is 12.4. The van der Waals surface area contributed by atoms with Gasteiger partial charge in [-0.05, 0) is 24.3 Å². The van der Waals surface area contributed by atoms with E-state index in [1.165, 1.54) is 24.3 Å². The van der Waals surface area contributed by atoms with Crippen molar-refractivity contribution in [3.8, 4) is 34.4 Å². The number of hydrogen-bond donors (Lipinski definition) is 5. The molecule has 2 aromatic carbocycles. The van der Waals surface area contributed by atoms with E-state index in [1.54, 1.807) is 36.4 Å². The highest BCUT2D eigenvalue weighted by molar-refractivity contribution is 7.94. The lowest BCUT2D eigenvalue weighted by molar-refractivity contribution is -0.432. The van der Waals surface area contributed by atoms with Crippen molar-refractivity contribution in [1.29, 1.82) is 0 Å². The van der Waals surface area contributed by atoms with E-state index < -0.39 is 15.8 Å². The van der Waals surface area contributed by atoms with Crippen LogP contribution in [0.2, 0.25) is 0 Å². The number of H-pyrrole nitrogens is 1. The number of anilines is 2. The van der Waals surface area contributed by atoms with Crippen molar-refractivity contribution in [2.45, 2.75) is 9.79 Å². The average Bonchev–Trinajstić information content (AvgIpc) is 3.49. The molecule has 0 atom stereocenters. The third-order valence-electron chi connectivity index (χ3n) is 5.21. The van der Waals surface area contributed by atoms with Gasteiger partial charge in [0.25, 0.3) is 16.1 Å². The predicted octanol–water partition coefficient (Wildman–Crippen LogP) is 1.71. The zero-order valence-corrected chi connectivity index (χ0v) is 21.0. The van der Waals surface area contributed by atoms with Crippen LogP contribution in [0.25, 0.3) is 34.4 Å². The number of nitrogens with one attached hydrogen (secondary N) is 1. The molecule has 0 saturated carbocycles. The van der Waals surface area contributed by atoms with Gasteiger partial charge in [0.15, 0.2) is 0 Å². The summed E-state index contributed by atoms with van der Waals surface area (Å²) in [6.45, 7) is 0. The van der Waals surface area contributed by atoms with Crippen molar-refractivity contribution in [3.63, 3.8) is 0 Å². The SMILES string of the molecule is Nc1cc(-c2cccc(SOOO)c2)nn1-c1nc(-n2nc(-c3cccc(S(=O)(=O)O)c3)cc2N)[nH]c(=O)n1. The Labute approximate surface area is 222 Å². The van der Waals surface area contributed by atoms with Crippen molar-refractivity contribution in [1.82, 2.24) is 34.5 Å². The van der Waals surface area contributed by atoms with E-state index in [4.69, 9.17) is 16.7 Å². The van der Waals surface area contributed by atoms with E-state index in [9.17, 15) is 17.8 Å². The fourth-order valence-corrected chi connectivity index (χ4v) is 4.48. The molecule has 0 unspecified atom stereocenters. The number of benzene rings is 2. The van der Waals surface area contributed by atoms with Gasteiger partial charge >= 0.3 is 5.69 Å². The van der Waals surface area contributed by atoms with Crippen LogP contribution >= 0.6 is 12.0 Å². The molecule has 0 spiro atoms. The molecule has 0 amide bonds. The summed E-state index contributed by atoms with van der Waals surface area (Å²) in [5.74, 6) is -0.119. The van der Waals surface area contributed by atoms with Crippen LogP contribution in [0.3, 0.4) is 0 Å². The Hall–Kier alpha value is -4.59. The second kappa shape index (κ2) is 10.3. The zero-order valence-electron chi connectivity index (χ0n) is 19.4. The Morgan fingerprint density at radius 2 is 1.54 bits per heavy atom. The molecule has 0 radical (unpaired) electrons. The first-order valence-corrected chi connectivity index (χ1v) is 12.8. The summed E-state index contributed by atoms with van der Waals surface area (Å²) in [6.07, 6.45) is 0. The van der Waals surface area contributed by atoms with Crippen molar-refractivity contribution >= 4 is 33.8 Å². The minimum atomic E-state index is -4.44. The van der Waals surface area contributed by atoms with Gasteiger partial charge in [-0.2, -0.15) is 37.9 Å². The van der Waals surface area contributed by atoms with Gasteiger partial charge in [-0.25, -0.2) is 10.1 Å². The zero-order chi connectivity index (χ0) is 27.7. The monoisotopic (exact) mass is 571 g/mol. The quantitative estimate of drug-likeness (QED) is 0.0771. The minimum Gasteiger partial charge on any atom is -0.383 e. The van der Waals surface area contributed by atoms with Gasteiger partial charge in [0.2, 0.25) is 5.95 Å². The highest BCUT2D eigenvalue weighted by atomic mass is 32.2. The third-order valence-corrected chi connectivity index (χ3v) is 6.63. The van der Waals surface area contributed by atoms with E-state index in [-0.39, 0.29) is 34.1 Å². The van der Waals surface area contributed by atoms with Crippen LogP contribution in [0, 0.1) is 0 Å². The lowest BCUT2D eigenvalue weighted by atomic mass is 10.1. The number of aromatic nitrogens is 7. The maximum atomic E-state index is 12.4. The molecule has 3 heterocycles. The van der Waals surface area contributed by atoms with Crippen LogP contribution in [0.1, 0.15) is 0 Å². The number of rotatable bonds is 8. The molecule has 0 saturated heterocycles. The van der Waals surface area contributed by atoms with Gasteiger partial charge in [-0.15, -0.1) is 4.33 Å². The summed E-state index contributed by atoms with van der Waals surface area (Å²) >= 11 is 0.770. The maximum Gasteiger partial charge on any atom is 0.351 e. The average molecular weight is 572 g/mol. The summed E-state index contributed by atoms with van der Waals surface area (Å²) in [5.41, 5.74) is 13.1. The molecule has 18 heteroatoms. The van der Waals surface area contributed by atoms with Crippen molar-refractivity contribution in [2.75, 3.05) is 11.5 Å². The molecule has 0 bridgehead atoms. The number of hydrogen-bond acceptors (Lipinski definition) is 13. The van der Waals surface area contributed by atoms with Crippen molar-refractivity contribution in [2.24, 2.45) is 0 Å².